The topological polar surface area (TPSA) is 71.0 Å². The van der Waals surface area contributed by atoms with Crippen LogP contribution in [0.5, 0.6) is 11.5 Å². The monoisotopic (exact) mass is 356 g/mol. The minimum atomic E-state index is 0.0804. The second-order valence-corrected chi connectivity index (χ2v) is 5.47. The van der Waals surface area contributed by atoms with Crippen molar-refractivity contribution in [2.75, 3.05) is 47.9 Å². The van der Waals surface area contributed by atoms with Gasteiger partial charge < -0.3 is 24.8 Å². The summed E-state index contributed by atoms with van der Waals surface area (Å²) in [6.45, 7) is 6.93. The highest BCUT2D eigenvalue weighted by molar-refractivity contribution is 5.51. The van der Waals surface area contributed by atoms with Gasteiger partial charge in [-0.25, -0.2) is 0 Å². The van der Waals surface area contributed by atoms with Gasteiger partial charge in [-0.05, 0) is 71.2 Å². The first kappa shape index (κ1) is 25.6. The molecule has 146 valence electrons. The van der Waals surface area contributed by atoms with E-state index < -0.39 is 0 Å². The van der Waals surface area contributed by atoms with Crippen molar-refractivity contribution < 1.29 is 19.4 Å². The molecule has 25 heavy (non-hydrogen) atoms. The van der Waals surface area contributed by atoms with Gasteiger partial charge in [-0.3, -0.25) is 4.79 Å². The molecular formula is C19H36N2O4. The number of nitrogens with zero attached hydrogens (tertiary/aromatic N) is 1. The average molecular weight is 357 g/mol. The number of carbonyl (C=O) groups excluding carboxylic acids is 1. The van der Waals surface area contributed by atoms with E-state index in [1.165, 1.54) is 33.0 Å². The lowest BCUT2D eigenvalue weighted by Gasteiger charge is -2.07. The number of carbonyl (C=O) groups is 1. The largest absolute Gasteiger partial charge is 0.493 e. The van der Waals surface area contributed by atoms with Gasteiger partial charge in [0.1, 0.15) is 0 Å². The normalized spacial score (nSPS) is 11.8. The molecule has 0 bridgehead atoms. The van der Waals surface area contributed by atoms with E-state index in [0.29, 0.717) is 24.4 Å². The fraction of sp³-hybridized carbons (Fsp3) is 0.632. The number of aliphatic hydroxyl groups excluding tert-OH is 1. The Morgan fingerprint density at radius 1 is 1.16 bits per heavy atom. The van der Waals surface area contributed by atoms with Gasteiger partial charge in [0.2, 0.25) is 0 Å². The molecule has 1 saturated heterocycles. The first-order valence-electron chi connectivity index (χ1n) is 8.74. The Labute approximate surface area is 153 Å². The molecule has 1 aliphatic heterocycles. The summed E-state index contributed by atoms with van der Waals surface area (Å²) >= 11 is 0. The molecule has 6 heteroatoms. The van der Waals surface area contributed by atoms with Crippen molar-refractivity contribution in [1.82, 2.24) is 10.2 Å². The molecule has 0 saturated carbocycles. The van der Waals surface area contributed by atoms with Crippen LogP contribution in [0.3, 0.4) is 0 Å². The maximum absolute atomic E-state index is 10.1. The van der Waals surface area contributed by atoms with Crippen molar-refractivity contribution in [2.24, 2.45) is 0 Å². The zero-order valence-corrected chi connectivity index (χ0v) is 16.7. The molecule has 0 radical (unpaired) electrons. The lowest BCUT2D eigenvalue weighted by molar-refractivity contribution is -0.120. The fourth-order valence-corrected chi connectivity index (χ4v) is 1.77. The highest BCUT2D eigenvalue weighted by Gasteiger charge is 2.04. The quantitative estimate of drug-likeness (QED) is 0.789. The maximum atomic E-state index is 10.1. The predicted molar refractivity (Wildman–Crippen MR) is 104 cm³/mol. The van der Waals surface area contributed by atoms with Crippen LogP contribution in [0.2, 0.25) is 0 Å². The molecule has 1 aliphatic rings. The molecule has 0 atom stereocenters. The highest BCUT2D eigenvalue weighted by Crippen LogP contribution is 2.27. The molecule has 0 aliphatic carbocycles. The number of ether oxygens (including phenoxy) is 2. The molecule has 2 N–H and O–H groups in total. The van der Waals surface area contributed by atoms with E-state index in [2.05, 4.69) is 5.32 Å². The number of rotatable bonds is 5. The average Bonchev–Trinajstić information content (AvgIpc) is 3.18. The molecule has 1 heterocycles. The minimum absolute atomic E-state index is 0.0804. The summed E-state index contributed by atoms with van der Waals surface area (Å²) in [5.74, 6) is 0.868. The molecule has 0 amide bonds. The lowest BCUT2D eigenvalue weighted by atomic mass is 10.1. The Balaban J connectivity index is 0. The van der Waals surface area contributed by atoms with Gasteiger partial charge >= 0.3 is 0 Å². The molecule has 1 aromatic rings. The second-order valence-electron chi connectivity index (χ2n) is 5.47. The van der Waals surface area contributed by atoms with E-state index in [1.807, 2.05) is 39.9 Å². The van der Waals surface area contributed by atoms with Crippen molar-refractivity contribution in [2.45, 2.75) is 33.1 Å². The Bertz CT molecular complexity index is 412. The van der Waals surface area contributed by atoms with Crippen LogP contribution in [0, 0.1) is 0 Å². The second kappa shape index (κ2) is 18.7. The molecular weight excluding hydrogens is 320 g/mol. The molecule has 0 unspecified atom stereocenters. The Kier molecular flexibility index (Phi) is 19.2. The summed E-state index contributed by atoms with van der Waals surface area (Å²) in [5.41, 5.74) is 0.933. The molecule has 6 nitrogen and oxygen atoms in total. The number of nitrogens with one attached hydrogen (secondary N) is 1. The van der Waals surface area contributed by atoms with Crippen molar-refractivity contribution in [3.05, 3.63) is 23.8 Å². The standard InChI is InChI=1S/C10H12O4.C4H9N.C3H9N.C2H6/c1-13-10-6-8(4-5-11)2-3-9(10)14-7-12;1-2-4-5-3-1;1-4(2)3;1-2/h2-3,6-7,11H,4-5H2,1H3;5H,1-4H2;1-3H3;1-2H3. The maximum Gasteiger partial charge on any atom is 0.298 e. The summed E-state index contributed by atoms with van der Waals surface area (Å²) in [5, 5.41) is 11.9. The van der Waals surface area contributed by atoms with Gasteiger partial charge in [0.25, 0.3) is 6.47 Å². The summed E-state index contributed by atoms with van der Waals surface area (Å²) in [6.07, 6.45) is 3.33. The molecule has 0 spiro atoms. The third kappa shape index (κ3) is 15.6. The van der Waals surface area contributed by atoms with Gasteiger partial charge in [0, 0.05) is 6.61 Å². The summed E-state index contributed by atoms with van der Waals surface area (Å²) < 4.78 is 9.71. The zero-order chi connectivity index (χ0) is 19.5. The van der Waals surface area contributed by atoms with Crippen LogP contribution in [-0.4, -0.2) is 64.4 Å². The first-order chi connectivity index (χ1) is 12.0. The van der Waals surface area contributed by atoms with E-state index in [4.69, 9.17) is 14.6 Å². The van der Waals surface area contributed by atoms with Gasteiger partial charge in [-0.1, -0.05) is 19.9 Å². The first-order valence-corrected chi connectivity index (χ1v) is 8.74. The zero-order valence-electron chi connectivity index (χ0n) is 16.7. The predicted octanol–water partition coefficient (Wildman–Crippen LogP) is 2.34. The van der Waals surface area contributed by atoms with Crippen molar-refractivity contribution in [1.29, 1.82) is 0 Å². The van der Waals surface area contributed by atoms with Gasteiger partial charge in [0.05, 0.1) is 7.11 Å². The fourth-order valence-electron chi connectivity index (χ4n) is 1.77. The van der Waals surface area contributed by atoms with Crippen LogP contribution in [0.1, 0.15) is 32.3 Å². The lowest BCUT2D eigenvalue weighted by Crippen LogP contribution is -2.03. The highest BCUT2D eigenvalue weighted by atomic mass is 16.5. The summed E-state index contributed by atoms with van der Waals surface area (Å²) in [4.78, 5) is 12.1. The molecule has 0 aromatic heterocycles. The van der Waals surface area contributed by atoms with Crippen LogP contribution in [-0.2, 0) is 11.2 Å². The van der Waals surface area contributed by atoms with Crippen LogP contribution in [0.25, 0.3) is 0 Å². The SMILES string of the molecule is C1CCNC1.CC.CN(C)C.COc1cc(CCO)ccc1OC=O. The summed E-state index contributed by atoms with van der Waals surface area (Å²) in [7, 11) is 7.50. The number of hydrogen-bond donors (Lipinski definition) is 2. The van der Waals surface area contributed by atoms with Gasteiger partial charge in [-0.2, -0.15) is 0 Å². The van der Waals surface area contributed by atoms with Crippen LogP contribution < -0.4 is 14.8 Å². The van der Waals surface area contributed by atoms with E-state index in [9.17, 15) is 4.79 Å². The van der Waals surface area contributed by atoms with E-state index in [0.717, 1.165) is 5.56 Å². The van der Waals surface area contributed by atoms with Crippen molar-refractivity contribution >= 4 is 6.47 Å². The van der Waals surface area contributed by atoms with Crippen molar-refractivity contribution in [3.63, 3.8) is 0 Å². The van der Waals surface area contributed by atoms with Crippen molar-refractivity contribution in [3.8, 4) is 11.5 Å². The Morgan fingerprint density at radius 2 is 1.72 bits per heavy atom. The smallest absolute Gasteiger partial charge is 0.298 e. The van der Waals surface area contributed by atoms with E-state index in [-0.39, 0.29) is 6.61 Å². The van der Waals surface area contributed by atoms with E-state index in [1.54, 1.807) is 18.2 Å². The molecule has 2 rings (SSSR count). The van der Waals surface area contributed by atoms with Gasteiger partial charge in [0.15, 0.2) is 11.5 Å². The van der Waals surface area contributed by atoms with Gasteiger partial charge in [-0.15, -0.1) is 0 Å². The molecule has 1 aromatic carbocycles. The van der Waals surface area contributed by atoms with Crippen LogP contribution in [0.15, 0.2) is 18.2 Å². The molecule has 1 fully saturated rings. The number of methoxy groups -OCH3 is 1. The van der Waals surface area contributed by atoms with Crippen LogP contribution >= 0.6 is 0 Å². The minimum Gasteiger partial charge on any atom is -0.493 e. The van der Waals surface area contributed by atoms with E-state index >= 15 is 0 Å². The number of benzene rings is 1. The third-order valence-corrected chi connectivity index (χ3v) is 2.76. The third-order valence-electron chi connectivity index (χ3n) is 2.76. The summed E-state index contributed by atoms with van der Waals surface area (Å²) in [6, 6.07) is 5.14. The Hall–Kier alpha value is -1.63. The Morgan fingerprint density at radius 3 is 2.08 bits per heavy atom. The number of hydrogen-bond acceptors (Lipinski definition) is 6. The number of aliphatic hydroxyl groups is 1. The van der Waals surface area contributed by atoms with Crippen LogP contribution in [0.4, 0.5) is 0 Å².